The van der Waals surface area contributed by atoms with Gasteiger partial charge >= 0.3 is 5.69 Å². The zero-order valence-electron chi connectivity index (χ0n) is 12.8. The molecule has 7 nitrogen and oxygen atoms in total. The molecule has 0 bridgehead atoms. The Hall–Kier alpha value is -1.80. The fourth-order valence-electron chi connectivity index (χ4n) is 1.67. The Kier molecular flexibility index (Phi) is 7.13. The fourth-order valence-corrected chi connectivity index (χ4v) is 2.47. The number of aliphatic hydroxyl groups excluding tert-OH is 1. The highest BCUT2D eigenvalue weighted by Gasteiger charge is 2.11. The summed E-state index contributed by atoms with van der Waals surface area (Å²) in [5.41, 5.74) is -0.548. The zero-order valence-corrected chi connectivity index (χ0v) is 13.6. The van der Waals surface area contributed by atoms with Gasteiger partial charge < -0.3 is 15.4 Å². The Bertz CT molecular complexity index is 648. The van der Waals surface area contributed by atoms with E-state index in [1.54, 1.807) is 18.7 Å². The molecule has 0 aliphatic heterocycles. The van der Waals surface area contributed by atoms with E-state index in [1.807, 2.05) is 13.8 Å². The number of nitrogens with one attached hydrogen (secondary N) is 3. The number of rotatable bonds is 7. The highest BCUT2D eigenvalue weighted by Crippen LogP contribution is 2.10. The van der Waals surface area contributed by atoms with Crippen molar-refractivity contribution in [3.8, 4) is 0 Å². The van der Waals surface area contributed by atoms with Crippen molar-refractivity contribution >= 4 is 23.7 Å². The van der Waals surface area contributed by atoms with Crippen LogP contribution in [0.2, 0.25) is 0 Å². The fraction of sp³-hybridized carbons (Fsp3) is 0.500. The summed E-state index contributed by atoms with van der Waals surface area (Å²) in [7, 11) is 0. The van der Waals surface area contributed by atoms with Gasteiger partial charge in [-0.3, -0.25) is 14.6 Å². The number of aromatic nitrogens is 2. The molecule has 22 heavy (non-hydrogen) atoms. The summed E-state index contributed by atoms with van der Waals surface area (Å²) in [4.78, 5) is 39.1. The molecule has 4 N–H and O–H groups in total. The summed E-state index contributed by atoms with van der Waals surface area (Å²) in [6, 6.07) is -0.348. The van der Waals surface area contributed by atoms with Crippen molar-refractivity contribution in [1.29, 1.82) is 0 Å². The zero-order chi connectivity index (χ0) is 16.7. The van der Waals surface area contributed by atoms with Gasteiger partial charge in [-0.1, -0.05) is 13.8 Å². The summed E-state index contributed by atoms with van der Waals surface area (Å²) in [6.07, 6.45) is 2.54. The molecule has 1 atom stereocenters. The second-order valence-corrected chi connectivity index (χ2v) is 6.66. The van der Waals surface area contributed by atoms with Gasteiger partial charge in [0.15, 0.2) is 0 Å². The third-order valence-corrected chi connectivity index (χ3v) is 4.04. The molecule has 1 aromatic heterocycles. The number of hydrogen-bond acceptors (Lipinski definition) is 5. The monoisotopic (exact) mass is 327 g/mol. The van der Waals surface area contributed by atoms with Crippen molar-refractivity contribution < 1.29 is 9.90 Å². The van der Waals surface area contributed by atoms with Crippen LogP contribution in [0.15, 0.2) is 15.7 Å². The van der Waals surface area contributed by atoms with Crippen LogP contribution >= 0.6 is 11.8 Å². The van der Waals surface area contributed by atoms with Crippen LogP contribution in [0.1, 0.15) is 25.1 Å². The number of carbonyl (C=O) groups excluding carboxylic acids is 1. The van der Waals surface area contributed by atoms with E-state index in [-0.39, 0.29) is 18.2 Å². The Morgan fingerprint density at radius 1 is 1.36 bits per heavy atom. The summed E-state index contributed by atoms with van der Waals surface area (Å²) >= 11 is 1.63. The van der Waals surface area contributed by atoms with E-state index in [0.717, 1.165) is 0 Å². The van der Waals surface area contributed by atoms with Crippen molar-refractivity contribution in [3.63, 3.8) is 0 Å². The van der Waals surface area contributed by atoms with Crippen molar-refractivity contribution in [3.05, 3.63) is 38.2 Å². The Labute approximate surface area is 132 Å². The van der Waals surface area contributed by atoms with Gasteiger partial charge in [-0.05, 0) is 18.2 Å². The van der Waals surface area contributed by atoms with E-state index in [4.69, 9.17) is 0 Å². The average Bonchev–Trinajstić information content (AvgIpc) is 2.41. The second kappa shape index (κ2) is 8.60. The molecule has 8 heteroatoms. The molecular formula is C14H21N3O4S. The molecule has 122 valence electrons. The number of thioether (sulfide) groups is 1. The lowest BCUT2D eigenvalue weighted by Crippen LogP contribution is -2.38. The first kappa shape index (κ1) is 18.2. The Balaban J connectivity index is 2.72. The van der Waals surface area contributed by atoms with Gasteiger partial charge in [0.2, 0.25) is 5.91 Å². The summed E-state index contributed by atoms with van der Waals surface area (Å²) in [5, 5.41) is 12.3. The van der Waals surface area contributed by atoms with E-state index in [9.17, 15) is 19.5 Å². The number of carbonyl (C=O) groups is 1. The molecule has 0 aromatic carbocycles. The first-order valence-electron chi connectivity index (χ1n) is 6.87. The maximum absolute atomic E-state index is 11.8. The number of amides is 1. The van der Waals surface area contributed by atoms with Crippen LogP contribution in [0.3, 0.4) is 0 Å². The maximum Gasteiger partial charge on any atom is 0.325 e. The van der Waals surface area contributed by atoms with Crippen molar-refractivity contribution in [1.82, 2.24) is 15.3 Å². The van der Waals surface area contributed by atoms with Crippen molar-refractivity contribution in [2.45, 2.75) is 32.1 Å². The van der Waals surface area contributed by atoms with Gasteiger partial charge in [0.05, 0.1) is 18.2 Å². The molecule has 0 spiro atoms. The van der Waals surface area contributed by atoms with E-state index >= 15 is 0 Å². The average molecular weight is 327 g/mol. The van der Waals surface area contributed by atoms with Gasteiger partial charge in [-0.15, -0.1) is 0 Å². The Morgan fingerprint density at radius 2 is 2.05 bits per heavy atom. The van der Waals surface area contributed by atoms with Crippen LogP contribution in [-0.4, -0.2) is 44.6 Å². The lowest BCUT2D eigenvalue weighted by Gasteiger charge is -2.15. The smallest absolute Gasteiger partial charge is 0.325 e. The molecule has 1 amide bonds. The molecular weight excluding hydrogens is 306 g/mol. The minimum atomic E-state index is -0.588. The summed E-state index contributed by atoms with van der Waals surface area (Å²) < 4.78 is 0. The van der Waals surface area contributed by atoms with Crippen molar-refractivity contribution in [2.75, 3.05) is 12.4 Å². The van der Waals surface area contributed by atoms with Gasteiger partial charge in [0.1, 0.15) is 0 Å². The Morgan fingerprint density at radius 3 is 2.59 bits per heavy atom. The van der Waals surface area contributed by atoms with Crippen LogP contribution in [0, 0.1) is 6.92 Å². The minimum Gasteiger partial charge on any atom is -0.394 e. The molecule has 0 saturated heterocycles. The van der Waals surface area contributed by atoms with Gasteiger partial charge in [-0.25, -0.2) is 4.79 Å². The molecule has 0 aliphatic rings. The molecule has 0 radical (unpaired) electrons. The maximum atomic E-state index is 11.8. The summed E-state index contributed by atoms with van der Waals surface area (Å²) in [6.45, 7) is 5.49. The SMILES string of the molecule is Cc1[nH]c(=O)[nH]c(=O)c1/C=C\C(=O)N[C@@H](CO)CSC(C)C. The normalized spacial score (nSPS) is 12.8. The van der Waals surface area contributed by atoms with Crippen LogP contribution in [0.4, 0.5) is 0 Å². The highest BCUT2D eigenvalue weighted by molar-refractivity contribution is 7.99. The third kappa shape index (κ3) is 5.90. The van der Waals surface area contributed by atoms with E-state index in [2.05, 4.69) is 15.3 Å². The summed E-state index contributed by atoms with van der Waals surface area (Å²) in [5.74, 6) is 0.194. The molecule has 0 fully saturated rings. The van der Waals surface area contributed by atoms with Crippen LogP contribution in [0.5, 0.6) is 0 Å². The lowest BCUT2D eigenvalue weighted by molar-refractivity contribution is -0.117. The van der Waals surface area contributed by atoms with Gasteiger partial charge in [0, 0.05) is 17.5 Å². The first-order chi connectivity index (χ1) is 10.3. The van der Waals surface area contributed by atoms with Crippen LogP contribution in [0.25, 0.3) is 6.08 Å². The van der Waals surface area contributed by atoms with Gasteiger partial charge in [0.25, 0.3) is 5.56 Å². The van der Waals surface area contributed by atoms with Gasteiger partial charge in [-0.2, -0.15) is 11.8 Å². The number of aryl methyl sites for hydroxylation is 1. The van der Waals surface area contributed by atoms with Crippen LogP contribution < -0.4 is 16.6 Å². The predicted molar refractivity (Wildman–Crippen MR) is 88.1 cm³/mol. The molecule has 0 saturated carbocycles. The topological polar surface area (TPSA) is 115 Å². The highest BCUT2D eigenvalue weighted by atomic mass is 32.2. The number of hydrogen-bond donors (Lipinski definition) is 4. The lowest BCUT2D eigenvalue weighted by atomic mass is 10.2. The molecule has 1 aromatic rings. The van der Waals surface area contributed by atoms with E-state index < -0.39 is 17.2 Å². The quantitative estimate of drug-likeness (QED) is 0.526. The van der Waals surface area contributed by atoms with E-state index in [0.29, 0.717) is 16.7 Å². The third-order valence-electron chi connectivity index (χ3n) is 2.78. The molecule has 1 heterocycles. The first-order valence-corrected chi connectivity index (χ1v) is 7.92. The predicted octanol–water partition coefficient (Wildman–Crippen LogP) is 0.00352. The standard InChI is InChI=1S/C14H21N3O4S/c1-8(2)22-7-10(6-18)16-12(19)5-4-11-9(3)15-14(21)17-13(11)20/h4-5,8,10,18H,6-7H2,1-3H3,(H,16,19)(H2,15,17,20,21)/b5-4-/t10-/m0/s1. The number of aromatic amines is 2. The molecule has 1 rings (SSSR count). The number of H-pyrrole nitrogens is 2. The van der Waals surface area contributed by atoms with Crippen LogP contribution in [-0.2, 0) is 4.79 Å². The number of aliphatic hydroxyl groups is 1. The van der Waals surface area contributed by atoms with E-state index in [1.165, 1.54) is 12.2 Å². The largest absolute Gasteiger partial charge is 0.394 e. The molecule has 0 unspecified atom stereocenters. The van der Waals surface area contributed by atoms with Crippen molar-refractivity contribution in [2.24, 2.45) is 0 Å². The second-order valence-electron chi connectivity index (χ2n) is 5.05. The minimum absolute atomic E-state index is 0.155. The molecule has 0 aliphatic carbocycles.